The molecule has 0 atom stereocenters. The normalized spacial score (nSPS) is 11.6. The van der Waals surface area contributed by atoms with Crippen molar-refractivity contribution in [3.05, 3.63) is 0 Å². The van der Waals surface area contributed by atoms with E-state index in [1.165, 1.54) is 6.92 Å². The Hall–Kier alpha value is -0.690. The van der Waals surface area contributed by atoms with Crippen molar-refractivity contribution in [1.29, 1.82) is 0 Å². The standard InChI is InChI=1S/C12H24O6/c1-11(13)18-17-10-8-15-6-5-14-7-9-16-12(2,3)4/h5-10H2,1-4H3. The van der Waals surface area contributed by atoms with E-state index in [1.807, 2.05) is 20.8 Å². The van der Waals surface area contributed by atoms with E-state index in [0.717, 1.165) is 0 Å². The van der Waals surface area contributed by atoms with Gasteiger partial charge in [-0.1, -0.05) is 0 Å². The molecule has 0 saturated carbocycles. The lowest BCUT2D eigenvalue weighted by atomic mass is 10.2. The molecule has 0 unspecified atom stereocenters. The highest BCUT2D eigenvalue weighted by atomic mass is 17.2. The SMILES string of the molecule is CC(=O)OOCCOCCOCCOC(C)(C)C. The summed E-state index contributed by atoms with van der Waals surface area (Å²) in [5.41, 5.74) is -0.131. The Bertz CT molecular complexity index is 211. The molecule has 0 aliphatic heterocycles. The first-order valence-corrected chi connectivity index (χ1v) is 6.01. The number of carbonyl (C=O) groups excluding carboxylic acids is 1. The Kier molecular flexibility index (Phi) is 9.86. The van der Waals surface area contributed by atoms with Gasteiger partial charge in [-0.25, -0.2) is 4.79 Å². The fraction of sp³-hybridized carbons (Fsp3) is 0.917. The van der Waals surface area contributed by atoms with Crippen LogP contribution in [0.1, 0.15) is 27.7 Å². The Morgan fingerprint density at radius 2 is 1.39 bits per heavy atom. The zero-order valence-electron chi connectivity index (χ0n) is 11.7. The molecular weight excluding hydrogens is 240 g/mol. The molecule has 18 heavy (non-hydrogen) atoms. The molecule has 108 valence electrons. The van der Waals surface area contributed by atoms with Gasteiger partial charge in [-0.05, 0) is 20.8 Å². The van der Waals surface area contributed by atoms with Crippen molar-refractivity contribution in [3.8, 4) is 0 Å². The predicted molar refractivity (Wildman–Crippen MR) is 65.1 cm³/mol. The van der Waals surface area contributed by atoms with Crippen LogP contribution < -0.4 is 0 Å². The highest BCUT2D eigenvalue weighted by molar-refractivity contribution is 5.65. The lowest BCUT2D eigenvalue weighted by Crippen LogP contribution is -2.22. The minimum Gasteiger partial charge on any atom is -0.377 e. The molecule has 0 N–H and O–H groups in total. The average Bonchev–Trinajstić information content (AvgIpc) is 2.24. The molecule has 0 amide bonds. The van der Waals surface area contributed by atoms with Crippen molar-refractivity contribution in [2.45, 2.75) is 33.3 Å². The summed E-state index contributed by atoms with van der Waals surface area (Å²) in [4.78, 5) is 19.1. The van der Waals surface area contributed by atoms with Gasteiger partial charge in [0.1, 0.15) is 6.61 Å². The molecule has 0 aromatic carbocycles. The first-order chi connectivity index (χ1) is 8.42. The lowest BCUT2D eigenvalue weighted by molar-refractivity contribution is -0.274. The smallest absolute Gasteiger partial charge is 0.339 e. The average molecular weight is 264 g/mol. The largest absolute Gasteiger partial charge is 0.377 e. The van der Waals surface area contributed by atoms with Gasteiger partial charge < -0.3 is 14.2 Å². The van der Waals surface area contributed by atoms with Gasteiger partial charge in [0, 0.05) is 6.92 Å². The van der Waals surface area contributed by atoms with E-state index in [2.05, 4.69) is 9.78 Å². The molecule has 0 aromatic heterocycles. The van der Waals surface area contributed by atoms with Crippen LogP contribution >= 0.6 is 0 Å². The summed E-state index contributed by atoms with van der Waals surface area (Å²) in [6, 6.07) is 0. The summed E-state index contributed by atoms with van der Waals surface area (Å²) in [5.74, 6) is -0.475. The fourth-order valence-electron chi connectivity index (χ4n) is 0.946. The molecule has 0 heterocycles. The predicted octanol–water partition coefficient (Wildman–Crippen LogP) is 1.33. The Morgan fingerprint density at radius 1 is 0.889 bits per heavy atom. The molecule has 0 spiro atoms. The Balaban J connectivity index is 3.06. The van der Waals surface area contributed by atoms with E-state index >= 15 is 0 Å². The second kappa shape index (κ2) is 10.3. The molecule has 6 heteroatoms. The molecule has 0 bridgehead atoms. The molecular formula is C12H24O6. The van der Waals surface area contributed by atoms with E-state index in [-0.39, 0.29) is 12.2 Å². The van der Waals surface area contributed by atoms with Crippen LogP contribution in [0.4, 0.5) is 0 Å². The monoisotopic (exact) mass is 264 g/mol. The highest BCUT2D eigenvalue weighted by Gasteiger charge is 2.08. The van der Waals surface area contributed by atoms with Crippen LogP contribution in [0.3, 0.4) is 0 Å². The first-order valence-electron chi connectivity index (χ1n) is 6.01. The van der Waals surface area contributed by atoms with Gasteiger partial charge in [-0.3, -0.25) is 4.89 Å². The Labute approximate surface area is 108 Å². The minimum atomic E-state index is -0.475. The molecule has 0 aromatic rings. The van der Waals surface area contributed by atoms with Gasteiger partial charge in [0.2, 0.25) is 0 Å². The highest BCUT2D eigenvalue weighted by Crippen LogP contribution is 2.05. The quantitative estimate of drug-likeness (QED) is 0.337. The molecule has 0 radical (unpaired) electrons. The fourth-order valence-corrected chi connectivity index (χ4v) is 0.946. The summed E-state index contributed by atoms with van der Waals surface area (Å²) in [7, 11) is 0. The van der Waals surface area contributed by atoms with Gasteiger partial charge in [0.25, 0.3) is 0 Å². The van der Waals surface area contributed by atoms with Gasteiger partial charge in [-0.2, -0.15) is 4.89 Å². The molecule has 0 saturated heterocycles. The summed E-state index contributed by atoms with van der Waals surface area (Å²) < 4.78 is 16.0. The summed E-state index contributed by atoms with van der Waals surface area (Å²) in [5, 5.41) is 0. The Morgan fingerprint density at radius 3 is 1.89 bits per heavy atom. The topological polar surface area (TPSA) is 63.2 Å². The van der Waals surface area contributed by atoms with Crippen LogP contribution in [0.25, 0.3) is 0 Å². The third-order valence-electron chi connectivity index (χ3n) is 1.62. The van der Waals surface area contributed by atoms with Gasteiger partial charge in [-0.15, -0.1) is 0 Å². The van der Waals surface area contributed by atoms with E-state index in [1.54, 1.807) is 0 Å². The zero-order chi connectivity index (χ0) is 13.9. The van der Waals surface area contributed by atoms with Crippen molar-refractivity contribution < 1.29 is 28.8 Å². The maximum absolute atomic E-state index is 10.3. The summed E-state index contributed by atoms with van der Waals surface area (Å²) in [6.45, 7) is 9.93. The van der Waals surface area contributed by atoms with E-state index in [0.29, 0.717) is 33.0 Å². The second-order valence-electron chi connectivity index (χ2n) is 4.58. The molecule has 0 aliphatic rings. The van der Waals surface area contributed by atoms with E-state index in [9.17, 15) is 4.79 Å². The summed E-state index contributed by atoms with van der Waals surface area (Å²) in [6.07, 6.45) is 0. The third-order valence-corrected chi connectivity index (χ3v) is 1.62. The van der Waals surface area contributed by atoms with Crippen molar-refractivity contribution in [2.24, 2.45) is 0 Å². The molecule has 6 nitrogen and oxygen atoms in total. The zero-order valence-corrected chi connectivity index (χ0v) is 11.7. The summed E-state index contributed by atoms with van der Waals surface area (Å²) >= 11 is 0. The maximum atomic E-state index is 10.3. The van der Waals surface area contributed by atoms with Gasteiger partial charge >= 0.3 is 5.97 Å². The van der Waals surface area contributed by atoms with Crippen LogP contribution in [0.5, 0.6) is 0 Å². The van der Waals surface area contributed by atoms with Crippen LogP contribution in [-0.4, -0.2) is 51.2 Å². The number of carbonyl (C=O) groups is 1. The van der Waals surface area contributed by atoms with Crippen molar-refractivity contribution >= 4 is 5.97 Å². The van der Waals surface area contributed by atoms with Crippen molar-refractivity contribution in [3.63, 3.8) is 0 Å². The van der Waals surface area contributed by atoms with Gasteiger partial charge in [0.05, 0.1) is 38.6 Å². The van der Waals surface area contributed by atoms with Crippen LogP contribution in [-0.2, 0) is 28.8 Å². The second-order valence-corrected chi connectivity index (χ2v) is 4.58. The minimum absolute atomic E-state index is 0.131. The first kappa shape index (κ1) is 17.3. The van der Waals surface area contributed by atoms with Gasteiger partial charge in [0.15, 0.2) is 0 Å². The van der Waals surface area contributed by atoms with Crippen LogP contribution in [0.2, 0.25) is 0 Å². The lowest BCUT2D eigenvalue weighted by Gasteiger charge is -2.19. The molecule has 0 fully saturated rings. The van der Waals surface area contributed by atoms with Crippen LogP contribution in [0.15, 0.2) is 0 Å². The molecule has 0 aliphatic carbocycles. The third kappa shape index (κ3) is 15.3. The van der Waals surface area contributed by atoms with Crippen LogP contribution in [0, 0.1) is 0 Å². The number of rotatable bonds is 10. The number of hydrogen-bond acceptors (Lipinski definition) is 6. The van der Waals surface area contributed by atoms with E-state index in [4.69, 9.17) is 14.2 Å². The number of hydrogen-bond donors (Lipinski definition) is 0. The molecule has 0 rings (SSSR count). The van der Waals surface area contributed by atoms with Crippen molar-refractivity contribution in [2.75, 3.05) is 39.6 Å². The maximum Gasteiger partial charge on any atom is 0.339 e. The van der Waals surface area contributed by atoms with Crippen molar-refractivity contribution in [1.82, 2.24) is 0 Å². The van der Waals surface area contributed by atoms with E-state index < -0.39 is 5.97 Å². The number of ether oxygens (including phenoxy) is 3.